The number of fused-ring (bicyclic) bond motifs is 1. The molecule has 0 N–H and O–H groups in total. The van der Waals surface area contributed by atoms with Gasteiger partial charge in [-0.2, -0.15) is 0 Å². The SMILES string of the molecule is O=Cc1ccc(N2CCc3ccccc32)[se]1. The first-order valence-electron chi connectivity index (χ1n) is 5.29. The van der Waals surface area contributed by atoms with Crippen molar-refractivity contribution < 1.29 is 4.79 Å². The Hall–Kier alpha value is -1.31. The van der Waals surface area contributed by atoms with Crippen molar-refractivity contribution >= 4 is 31.0 Å². The number of rotatable bonds is 2. The van der Waals surface area contributed by atoms with Crippen molar-refractivity contribution in [3.63, 3.8) is 0 Å². The van der Waals surface area contributed by atoms with Gasteiger partial charge in [-0.1, -0.05) is 0 Å². The van der Waals surface area contributed by atoms with Gasteiger partial charge in [-0.3, -0.25) is 0 Å². The molecule has 1 aliphatic rings. The Morgan fingerprint density at radius 3 is 2.88 bits per heavy atom. The van der Waals surface area contributed by atoms with Gasteiger partial charge in [-0.25, -0.2) is 0 Å². The van der Waals surface area contributed by atoms with Gasteiger partial charge in [0, 0.05) is 0 Å². The van der Waals surface area contributed by atoms with Gasteiger partial charge in [-0.15, -0.1) is 0 Å². The molecule has 2 nitrogen and oxygen atoms in total. The van der Waals surface area contributed by atoms with E-state index in [9.17, 15) is 4.79 Å². The molecule has 80 valence electrons. The zero-order chi connectivity index (χ0) is 11.0. The van der Waals surface area contributed by atoms with Gasteiger partial charge < -0.3 is 0 Å². The molecule has 0 radical (unpaired) electrons. The molecule has 0 saturated carbocycles. The molecule has 2 aromatic rings. The molecule has 0 unspecified atom stereocenters. The zero-order valence-corrected chi connectivity index (χ0v) is 10.4. The summed E-state index contributed by atoms with van der Waals surface area (Å²) in [4.78, 5) is 13.1. The van der Waals surface area contributed by atoms with Crippen molar-refractivity contribution in [3.05, 3.63) is 46.4 Å². The van der Waals surface area contributed by atoms with Crippen molar-refractivity contribution in [1.29, 1.82) is 0 Å². The van der Waals surface area contributed by atoms with E-state index in [0.29, 0.717) is 0 Å². The second-order valence-corrected chi connectivity index (χ2v) is 6.12. The summed E-state index contributed by atoms with van der Waals surface area (Å²) in [5.74, 6) is 0. The maximum absolute atomic E-state index is 10.7. The number of nitrogens with zero attached hydrogens (tertiary/aromatic N) is 1. The van der Waals surface area contributed by atoms with Crippen molar-refractivity contribution in [2.24, 2.45) is 0 Å². The summed E-state index contributed by atoms with van der Waals surface area (Å²) >= 11 is 0.194. The van der Waals surface area contributed by atoms with Gasteiger partial charge in [0.15, 0.2) is 0 Å². The molecular weight excluding hydrogens is 265 g/mol. The van der Waals surface area contributed by atoms with Crippen LogP contribution in [0, 0.1) is 0 Å². The van der Waals surface area contributed by atoms with E-state index in [1.165, 1.54) is 15.8 Å². The van der Waals surface area contributed by atoms with E-state index in [-0.39, 0.29) is 14.5 Å². The third-order valence-electron chi connectivity index (χ3n) is 2.88. The van der Waals surface area contributed by atoms with E-state index in [4.69, 9.17) is 0 Å². The topological polar surface area (TPSA) is 20.3 Å². The number of anilines is 2. The molecule has 0 fully saturated rings. The van der Waals surface area contributed by atoms with Crippen LogP contribution in [-0.4, -0.2) is 27.3 Å². The van der Waals surface area contributed by atoms with Crippen LogP contribution < -0.4 is 4.90 Å². The van der Waals surface area contributed by atoms with Crippen LogP contribution in [0.1, 0.15) is 14.8 Å². The molecule has 1 aromatic heterocycles. The first-order valence-corrected chi connectivity index (χ1v) is 7.00. The van der Waals surface area contributed by atoms with Crippen LogP contribution in [0.15, 0.2) is 36.4 Å². The Bertz CT molecular complexity index is 532. The van der Waals surface area contributed by atoms with Crippen molar-refractivity contribution in [1.82, 2.24) is 0 Å². The third-order valence-corrected chi connectivity index (χ3v) is 5.05. The first kappa shape index (κ1) is 9.88. The molecule has 0 saturated heterocycles. The summed E-state index contributed by atoms with van der Waals surface area (Å²) in [6, 6.07) is 12.6. The van der Waals surface area contributed by atoms with Gasteiger partial charge >= 0.3 is 100 Å². The van der Waals surface area contributed by atoms with E-state index in [0.717, 1.165) is 23.7 Å². The average Bonchev–Trinajstić information content (AvgIpc) is 2.94. The maximum atomic E-state index is 10.7. The molecule has 1 aliphatic heterocycles. The fourth-order valence-electron chi connectivity index (χ4n) is 2.12. The van der Waals surface area contributed by atoms with E-state index in [2.05, 4.69) is 35.2 Å². The Balaban J connectivity index is 2.01. The summed E-state index contributed by atoms with van der Waals surface area (Å²) in [6.45, 7) is 1.05. The number of aldehydes is 1. The fourth-order valence-corrected chi connectivity index (χ4v) is 3.93. The number of para-hydroxylation sites is 1. The van der Waals surface area contributed by atoms with Crippen LogP contribution in [-0.2, 0) is 6.42 Å². The molecule has 1 aromatic carbocycles. The van der Waals surface area contributed by atoms with Gasteiger partial charge in [0.1, 0.15) is 0 Å². The Labute approximate surface area is 100 Å². The molecule has 0 spiro atoms. The summed E-state index contributed by atoms with van der Waals surface area (Å²) in [5.41, 5.74) is 2.73. The van der Waals surface area contributed by atoms with Crippen LogP contribution >= 0.6 is 0 Å². The number of hydrogen-bond acceptors (Lipinski definition) is 2. The predicted octanol–water partition coefficient (Wildman–Crippen LogP) is 2.25. The van der Waals surface area contributed by atoms with Crippen molar-refractivity contribution in [3.8, 4) is 0 Å². The molecule has 0 bridgehead atoms. The van der Waals surface area contributed by atoms with Gasteiger partial charge in [0.25, 0.3) is 0 Å². The minimum absolute atomic E-state index is 0.194. The molecule has 0 amide bonds. The van der Waals surface area contributed by atoms with Crippen LogP contribution in [0.4, 0.5) is 10.2 Å². The standard InChI is InChI=1S/C13H11NOSe/c15-9-11-5-6-13(16-11)14-8-7-10-3-1-2-4-12(10)14/h1-6,9H,7-8H2. The number of hydrogen-bond donors (Lipinski definition) is 0. The molecule has 3 heteroatoms. The van der Waals surface area contributed by atoms with E-state index >= 15 is 0 Å². The Morgan fingerprint density at radius 2 is 2.06 bits per heavy atom. The summed E-state index contributed by atoms with van der Waals surface area (Å²) in [5, 5.41) is 0. The quantitative estimate of drug-likeness (QED) is 0.619. The minimum atomic E-state index is 0.194. The molecular formula is C13H11NOSe. The molecule has 2 heterocycles. The number of carbonyl (C=O) groups excluding carboxylic acids is 1. The van der Waals surface area contributed by atoms with Gasteiger partial charge in [0.2, 0.25) is 0 Å². The molecule has 0 atom stereocenters. The zero-order valence-electron chi connectivity index (χ0n) is 8.72. The van der Waals surface area contributed by atoms with E-state index < -0.39 is 0 Å². The average molecular weight is 276 g/mol. The van der Waals surface area contributed by atoms with Crippen LogP contribution in [0.3, 0.4) is 0 Å². The van der Waals surface area contributed by atoms with Crippen LogP contribution in [0.5, 0.6) is 0 Å². The fraction of sp³-hybridized carbons (Fsp3) is 0.154. The second-order valence-electron chi connectivity index (χ2n) is 3.82. The first-order chi connectivity index (χ1) is 7.88. The summed E-state index contributed by atoms with van der Waals surface area (Å²) in [7, 11) is 0. The number of benzene rings is 1. The molecule has 0 aliphatic carbocycles. The van der Waals surface area contributed by atoms with E-state index in [1.807, 2.05) is 6.07 Å². The second kappa shape index (κ2) is 3.93. The van der Waals surface area contributed by atoms with E-state index in [1.54, 1.807) is 0 Å². The number of carbonyl (C=O) groups is 1. The third kappa shape index (κ3) is 1.53. The van der Waals surface area contributed by atoms with Crippen molar-refractivity contribution in [2.75, 3.05) is 11.4 Å². The van der Waals surface area contributed by atoms with Gasteiger partial charge in [-0.05, 0) is 0 Å². The Kier molecular flexibility index (Phi) is 2.43. The summed E-state index contributed by atoms with van der Waals surface area (Å²) in [6.07, 6.45) is 2.09. The normalized spacial score (nSPS) is 13.9. The summed E-state index contributed by atoms with van der Waals surface area (Å²) < 4.78 is 2.24. The Morgan fingerprint density at radius 1 is 1.19 bits per heavy atom. The van der Waals surface area contributed by atoms with Gasteiger partial charge in [0.05, 0.1) is 0 Å². The monoisotopic (exact) mass is 277 g/mol. The molecule has 3 rings (SSSR count). The van der Waals surface area contributed by atoms with Crippen LogP contribution in [0.25, 0.3) is 0 Å². The molecule has 16 heavy (non-hydrogen) atoms. The predicted molar refractivity (Wildman–Crippen MR) is 65.9 cm³/mol. The van der Waals surface area contributed by atoms with Crippen molar-refractivity contribution in [2.45, 2.75) is 6.42 Å². The van der Waals surface area contributed by atoms with Crippen LogP contribution in [0.2, 0.25) is 0 Å².